The van der Waals surface area contributed by atoms with Crippen LogP contribution in [0.2, 0.25) is 0 Å². The number of thioether (sulfide) groups is 1. The second kappa shape index (κ2) is 4.95. The molecule has 0 aromatic heterocycles. The van der Waals surface area contributed by atoms with Crippen molar-refractivity contribution in [3.8, 4) is 0 Å². The second-order valence-corrected chi connectivity index (χ2v) is 4.59. The molecule has 4 heteroatoms. The van der Waals surface area contributed by atoms with E-state index >= 15 is 0 Å². The Kier molecular flexibility index (Phi) is 5.04. The van der Waals surface area contributed by atoms with Crippen LogP contribution in [-0.2, 0) is 4.74 Å². The molecule has 1 atom stereocenters. The minimum Gasteiger partial charge on any atom is -0.479 e. The van der Waals surface area contributed by atoms with Gasteiger partial charge in [-0.05, 0) is 32.5 Å². The molecule has 11 heavy (non-hydrogen) atoms. The first-order chi connectivity index (χ1) is 5.02. The maximum Gasteiger partial charge on any atom is 0.221 e. The molecule has 0 bridgehead atoms. The van der Waals surface area contributed by atoms with Crippen molar-refractivity contribution in [2.45, 2.75) is 32.1 Å². The fourth-order valence-electron chi connectivity index (χ4n) is 0.410. The molecule has 0 saturated heterocycles. The van der Waals surface area contributed by atoms with Gasteiger partial charge in [0, 0.05) is 0 Å². The molecular weight excluding hydrogens is 178 g/mol. The van der Waals surface area contributed by atoms with E-state index in [4.69, 9.17) is 22.7 Å². The highest BCUT2D eigenvalue weighted by atomic mass is 32.2. The molecule has 0 spiro atoms. The summed E-state index contributed by atoms with van der Waals surface area (Å²) >= 11 is 6.34. The van der Waals surface area contributed by atoms with E-state index in [1.807, 2.05) is 20.8 Å². The van der Waals surface area contributed by atoms with Gasteiger partial charge in [-0.15, -0.1) is 0 Å². The molecule has 0 heterocycles. The van der Waals surface area contributed by atoms with E-state index in [9.17, 15) is 0 Å². The molecule has 1 unspecified atom stereocenters. The van der Waals surface area contributed by atoms with Gasteiger partial charge in [0.15, 0.2) is 0 Å². The van der Waals surface area contributed by atoms with Gasteiger partial charge in [0.1, 0.15) is 0 Å². The van der Waals surface area contributed by atoms with Crippen molar-refractivity contribution in [3.05, 3.63) is 0 Å². The Morgan fingerprint density at radius 1 is 1.64 bits per heavy atom. The summed E-state index contributed by atoms with van der Waals surface area (Å²) < 4.78 is 5.64. The summed E-state index contributed by atoms with van der Waals surface area (Å²) in [7, 11) is 0. The maximum absolute atomic E-state index is 5.84. The standard InChI is InChI=1S/C7H15NOS2/c1-4-7(3,8)11-6(10)9-5-2/h4-5,8H2,1-3H3. The third-order valence-electron chi connectivity index (χ3n) is 1.28. The van der Waals surface area contributed by atoms with Crippen LogP contribution in [0.4, 0.5) is 0 Å². The van der Waals surface area contributed by atoms with Crippen molar-refractivity contribution < 1.29 is 4.74 Å². The van der Waals surface area contributed by atoms with Crippen LogP contribution in [0.15, 0.2) is 0 Å². The molecule has 0 radical (unpaired) electrons. The molecule has 0 saturated carbocycles. The molecular formula is C7H15NOS2. The first kappa shape index (κ1) is 11.2. The Balaban J connectivity index is 3.74. The highest BCUT2D eigenvalue weighted by molar-refractivity contribution is 8.23. The average Bonchev–Trinajstić information content (AvgIpc) is 1.87. The summed E-state index contributed by atoms with van der Waals surface area (Å²) in [5.41, 5.74) is 5.84. The van der Waals surface area contributed by atoms with Gasteiger partial charge >= 0.3 is 0 Å². The van der Waals surface area contributed by atoms with Crippen molar-refractivity contribution in [1.82, 2.24) is 0 Å². The molecule has 2 nitrogen and oxygen atoms in total. The third kappa shape index (κ3) is 5.47. The Labute approximate surface area is 77.9 Å². The van der Waals surface area contributed by atoms with Gasteiger partial charge in [-0.25, -0.2) is 0 Å². The highest BCUT2D eigenvalue weighted by Crippen LogP contribution is 2.24. The van der Waals surface area contributed by atoms with Gasteiger partial charge in [-0.3, -0.25) is 0 Å². The molecule has 0 aliphatic heterocycles. The minimum atomic E-state index is -0.285. The largest absolute Gasteiger partial charge is 0.479 e. The zero-order valence-corrected chi connectivity index (χ0v) is 8.85. The maximum atomic E-state index is 5.84. The predicted molar refractivity (Wildman–Crippen MR) is 54.7 cm³/mol. The highest BCUT2D eigenvalue weighted by Gasteiger charge is 2.19. The summed E-state index contributed by atoms with van der Waals surface area (Å²) in [6.45, 7) is 6.50. The van der Waals surface area contributed by atoms with Crippen molar-refractivity contribution in [3.63, 3.8) is 0 Å². The van der Waals surface area contributed by atoms with E-state index in [2.05, 4.69) is 0 Å². The number of hydrogen-bond acceptors (Lipinski definition) is 4. The van der Waals surface area contributed by atoms with Crippen LogP contribution in [0.5, 0.6) is 0 Å². The fraction of sp³-hybridized carbons (Fsp3) is 0.857. The van der Waals surface area contributed by atoms with Crippen molar-refractivity contribution in [1.29, 1.82) is 0 Å². The first-order valence-electron chi connectivity index (χ1n) is 3.66. The first-order valence-corrected chi connectivity index (χ1v) is 4.89. The quantitative estimate of drug-likeness (QED) is 0.550. The normalized spacial score (nSPS) is 15.6. The Morgan fingerprint density at radius 2 is 2.18 bits per heavy atom. The van der Waals surface area contributed by atoms with Crippen molar-refractivity contribution in [2.24, 2.45) is 5.73 Å². The summed E-state index contributed by atoms with van der Waals surface area (Å²) in [5, 5.41) is 0. The van der Waals surface area contributed by atoms with E-state index < -0.39 is 0 Å². The summed E-state index contributed by atoms with van der Waals surface area (Å²) in [4.78, 5) is -0.285. The summed E-state index contributed by atoms with van der Waals surface area (Å²) in [6, 6.07) is 0. The fourth-order valence-corrected chi connectivity index (χ4v) is 1.80. The number of nitrogens with two attached hydrogens (primary N) is 1. The Bertz CT molecular complexity index is 136. The van der Waals surface area contributed by atoms with Gasteiger partial charge in [0.25, 0.3) is 0 Å². The molecule has 0 aromatic rings. The van der Waals surface area contributed by atoms with Gasteiger partial charge in [0.05, 0.1) is 11.5 Å². The minimum absolute atomic E-state index is 0.285. The lowest BCUT2D eigenvalue weighted by molar-refractivity contribution is 0.345. The van der Waals surface area contributed by atoms with Crippen LogP contribution < -0.4 is 5.73 Å². The Hall–Kier alpha value is 0.200. The average molecular weight is 193 g/mol. The molecule has 2 N–H and O–H groups in total. The van der Waals surface area contributed by atoms with Crippen molar-refractivity contribution in [2.75, 3.05) is 6.61 Å². The monoisotopic (exact) mass is 193 g/mol. The lowest BCUT2D eigenvalue weighted by Gasteiger charge is -2.21. The zero-order valence-electron chi connectivity index (χ0n) is 7.22. The van der Waals surface area contributed by atoms with E-state index in [0.29, 0.717) is 11.0 Å². The molecule has 66 valence electrons. The smallest absolute Gasteiger partial charge is 0.221 e. The number of rotatable bonds is 3. The number of thiocarbonyl (C=S) groups is 1. The molecule has 0 aromatic carbocycles. The number of hydrogen-bond donors (Lipinski definition) is 1. The lowest BCUT2D eigenvalue weighted by Crippen LogP contribution is -2.32. The van der Waals surface area contributed by atoms with Crippen LogP contribution in [-0.4, -0.2) is 15.9 Å². The van der Waals surface area contributed by atoms with Crippen LogP contribution in [0.3, 0.4) is 0 Å². The molecule has 0 aliphatic carbocycles. The van der Waals surface area contributed by atoms with Gasteiger partial charge in [-0.2, -0.15) is 0 Å². The van der Waals surface area contributed by atoms with Crippen molar-refractivity contribution >= 4 is 28.4 Å². The van der Waals surface area contributed by atoms with Crippen LogP contribution >= 0.6 is 24.0 Å². The summed E-state index contributed by atoms with van der Waals surface area (Å²) in [6.07, 6.45) is 0.880. The zero-order chi connectivity index (χ0) is 8.91. The topological polar surface area (TPSA) is 35.2 Å². The second-order valence-electron chi connectivity index (χ2n) is 2.45. The molecule has 0 fully saturated rings. The predicted octanol–water partition coefficient (Wildman–Crippen LogP) is 2.13. The lowest BCUT2D eigenvalue weighted by atomic mass is 10.3. The summed E-state index contributed by atoms with van der Waals surface area (Å²) in [5.74, 6) is 0. The number of ether oxygens (including phenoxy) is 1. The van der Waals surface area contributed by atoms with Gasteiger partial charge < -0.3 is 10.5 Å². The molecule has 0 rings (SSSR count). The SMILES string of the molecule is CCOC(=S)SC(C)(N)CC. The third-order valence-corrected chi connectivity index (χ3v) is 2.69. The van der Waals surface area contributed by atoms with E-state index in [0.717, 1.165) is 6.42 Å². The Morgan fingerprint density at radius 3 is 2.55 bits per heavy atom. The van der Waals surface area contributed by atoms with E-state index in [1.165, 1.54) is 11.8 Å². The van der Waals surface area contributed by atoms with Crippen LogP contribution in [0, 0.1) is 0 Å². The molecule has 0 amide bonds. The van der Waals surface area contributed by atoms with Gasteiger partial charge in [-0.1, -0.05) is 18.7 Å². The van der Waals surface area contributed by atoms with Gasteiger partial charge in [0.2, 0.25) is 4.38 Å². The van der Waals surface area contributed by atoms with Crippen LogP contribution in [0.1, 0.15) is 27.2 Å². The van der Waals surface area contributed by atoms with Crippen LogP contribution in [0.25, 0.3) is 0 Å². The van der Waals surface area contributed by atoms with E-state index in [1.54, 1.807) is 0 Å². The molecule has 0 aliphatic rings. The van der Waals surface area contributed by atoms with E-state index in [-0.39, 0.29) is 4.87 Å².